The molecule has 2 bridgehead atoms. The molecular formula is C21H21F2N3O4. The van der Waals surface area contributed by atoms with Crippen molar-refractivity contribution in [3.63, 3.8) is 0 Å². The summed E-state index contributed by atoms with van der Waals surface area (Å²) in [6.07, 6.45) is 3.73. The van der Waals surface area contributed by atoms with Gasteiger partial charge in [-0.05, 0) is 32.3 Å². The molecule has 1 fully saturated rings. The molecule has 30 heavy (non-hydrogen) atoms. The molecule has 0 aliphatic carbocycles. The number of nitrogens with zero attached hydrogens (tertiary/aromatic N) is 2. The number of nitrogens with one attached hydrogen (secondary N) is 1. The lowest BCUT2D eigenvalue weighted by Gasteiger charge is -2.40. The van der Waals surface area contributed by atoms with Gasteiger partial charge < -0.3 is 19.9 Å². The van der Waals surface area contributed by atoms with Crippen LogP contribution in [0, 0.1) is 11.6 Å². The molecule has 2 aliphatic rings. The molecule has 3 heterocycles. The quantitative estimate of drug-likeness (QED) is 0.802. The van der Waals surface area contributed by atoms with Crippen LogP contribution in [-0.4, -0.2) is 39.0 Å². The van der Waals surface area contributed by atoms with Crippen molar-refractivity contribution in [1.82, 2.24) is 14.8 Å². The van der Waals surface area contributed by atoms with Crippen LogP contribution in [0.1, 0.15) is 58.6 Å². The number of aromatic nitrogens is 1. The number of pyridine rings is 1. The fourth-order valence-corrected chi connectivity index (χ4v) is 4.27. The van der Waals surface area contributed by atoms with Gasteiger partial charge in [0.05, 0.1) is 6.04 Å². The minimum atomic E-state index is -0.959. The number of carbonyl (C=O) groups excluding carboxylic acids is 2. The highest BCUT2D eigenvalue weighted by Crippen LogP contribution is 2.36. The molecule has 2 aromatic rings. The van der Waals surface area contributed by atoms with Gasteiger partial charge in [0.1, 0.15) is 17.2 Å². The standard InChI is InChI=1S/C21H21F2N3O4/c1-11-16-4-2-3-7-25(11)21(30)17-19(28)18(27)14(10-26(16)17)20(29)24-9-12-5-6-13(22)8-15(12)23/h5-6,8,10-11,16,28H,2-4,7,9H2,1H3,(H,24,29)/t11-,16?/m1/s1. The Labute approximate surface area is 170 Å². The van der Waals surface area contributed by atoms with Gasteiger partial charge in [-0.1, -0.05) is 6.07 Å². The van der Waals surface area contributed by atoms with Crippen LogP contribution in [0.5, 0.6) is 5.75 Å². The van der Waals surface area contributed by atoms with Gasteiger partial charge in [0.2, 0.25) is 5.43 Å². The summed E-state index contributed by atoms with van der Waals surface area (Å²) in [6.45, 7) is 2.19. The molecule has 2 aliphatic heterocycles. The zero-order valence-electron chi connectivity index (χ0n) is 16.3. The summed E-state index contributed by atoms with van der Waals surface area (Å²) in [6, 6.07) is 2.65. The van der Waals surface area contributed by atoms with Gasteiger partial charge in [-0.15, -0.1) is 0 Å². The predicted molar refractivity (Wildman–Crippen MR) is 103 cm³/mol. The fraction of sp³-hybridized carbons (Fsp3) is 0.381. The second-order valence-electron chi connectivity index (χ2n) is 7.70. The molecule has 158 valence electrons. The molecule has 1 aromatic carbocycles. The zero-order valence-corrected chi connectivity index (χ0v) is 16.3. The normalized spacial score (nSPS) is 20.5. The van der Waals surface area contributed by atoms with E-state index in [1.165, 1.54) is 16.8 Å². The summed E-state index contributed by atoms with van der Waals surface area (Å²) in [5, 5.41) is 12.9. The lowest BCUT2D eigenvalue weighted by molar-refractivity contribution is 0.0565. The van der Waals surface area contributed by atoms with Gasteiger partial charge in [0, 0.05) is 37.0 Å². The molecule has 7 nitrogen and oxygen atoms in total. The average molecular weight is 417 g/mol. The van der Waals surface area contributed by atoms with Gasteiger partial charge in [-0.25, -0.2) is 8.78 Å². The maximum atomic E-state index is 13.8. The van der Waals surface area contributed by atoms with E-state index in [4.69, 9.17) is 0 Å². The Hall–Kier alpha value is -3.23. The summed E-state index contributed by atoms with van der Waals surface area (Å²) in [7, 11) is 0. The van der Waals surface area contributed by atoms with Crippen molar-refractivity contribution in [2.45, 2.75) is 44.8 Å². The van der Waals surface area contributed by atoms with Gasteiger partial charge in [0.15, 0.2) is 11.4 Å². The van der Waals surface area contributed by atoms with Crippen molar-refractivity contribution in [1.29, 1.82) is 0 Å². The number of benzene rings is 1. The maximum absolute atomic E-state index is 13.8. The van der Waals surface area contributed by atoms with E-state index in [9.17, 15) is 28.3 Å². The fourth-order valence-electron chi connectivity index (χ4n) is 4.27. The molecule has 1 unspecified atom stereocenters. The second kappa shape index (κ2) is 7.55. The number of halogens is 2. The largest absolute Gasteiger partial charge is 0.503 e. The highest BCUT2D eigenvalue weighted by molar-refractivity contribution is 5.99. The summed E-state index contributed by atoms with van der Waals surface area (Å²) in [5.74, 6) is -3.57. The van der Waals surface area contributed by atoms with Crippen molar-refractivity contribution in [3.05, 3.63) is 63.1 Å². The van der Waals surface area contributed by atoms with E-state index in [1.54, 1.807) is 4.90 Å². The van der Waals surface area contributed by atoms with Gasteiger partial charge in [-0.3, -0.25) is 14.4 Å². The number of carbonyl (C=O) groups is 2. The molecular weight excluding hydrogens is 396 g/mol. The van der Waals surface area contributed by atoms with Gasteiger partial charge in [-0.2, -0.15) is 0 Å². The number of amides is 2. The molecule has 2 atom stereocenters. The number of rotatable bonds is 3. The molecule has 4 rings (SSSR count). The third kappa shape index (κ3) is 3.24. The van der Waals surface area contributed by atoms with Crippen LogP contribution in [0.15, 0.2) is 29.2 Å². The van der Waals surface area contributed by atoms with Crippen molar-refractivity contribution in [3.8, 4) is 5.75 Å². The van der Waals surface area contributed by atoms with Crippen molar-refractivity contribution < 1.29 is 23.5 Å². The Morgan fingerprint density at radius 3 is 2.77 bits per heavy atom. The Morgan fingerprint density at radius 2 is 2.03 bits per heavy atom. The summed E-state index contributed by atoms with van der Waals surface area (Å²) < 4.78 is 28.4. The third-order valence-electron chi connectivity index (χ3n) is 5.93. The Bertz CT molecular complexity index is 1100. The second-order valence-corrected chi connectivity index (χ2v) is 7.70. The minimum absolute atomic E-state index is 0.0512. The van der Waals surface area contributed by atoms with Crippen LogP contribution in [-0.2, 0) is 6.54 Å². The monoisotopic (exact) mass is 417 g/mol. The highest BCUT2D eigenvalue weighted by Gasteiger charge is 2.40. The number of hydrogen-bond donors (Lipinski definition) is 2. The van der Waals surface area contributed by atoms with E-state index in [2.05, 4.69) is 5.32 Å². The smallest absolute Gasteiger partial charge is 0.274 e. The first kappa shape index (κ1) is 20.1. The van der Waals surface area contributed by atoms with E-state index in [0.717, 1.165) is 25.3 Å². The zero-order chi connectivity index (χ0) is 21.6. The van der Waals surface area contributed by atoms with Crippen LogP contribution >= 0.6 is 0 Å². The molecule has 0 radical (unpaired) electrons. The SMILES string of the molecule is C[C@@H]1C2CCCCN1C(=O)c1c(O)c(=O)c(C(=O)NCc3ccc(F)cc3F)cn12. The lowest BCUT2D eigenvalue weighted by atomic mass is 9.99. The van der Waals surface area contributed by atoms with E-state index in [1.807, 2.05) is 6.92 Å². The van der Waals surface area contributed by atoms with Gasteiger partial charge in [0.25, 0.3) is 11.8 Å². The third-order valence-corrected chi connectivity index (χ3v) is 5.93. The molecule has 0 saturated carbocycles. The van der Waals surface area contributed by atoms with Crippen LogP contribution in [0.2, 0.25) is 0 Å². The average Bonchev–Trinajstić information content (AvgIpc) is 2.85. The van der Waals surface area contributed by atoms with Crippen molar-refractivity contribution in [2.24, 2.45) is 0 Å². The molecule has 2 amide bonds. The number of aromatic hydroxyl groups is 1. The Morgan fingerprint density at radius 1 is 1.27 bits per heavy atom. The van der Waals surface area contributed by atoms with Crippen LogP contribution in [0.4, 0.5) is 8.78 Å². The van der Waals surface area contributed by atoms with E-state index >= 15 is 0 Å². The summed E-state index contributed by atoms with van der Waals surface area (Å²) in [5.41, 5.74) is -1.35. The first-order valence-electron chi connectivity index (χ1n) is 9.80. The first-order chi connectivity index (χ1) is 14.3. The first-order valence-corrected chi connectivity index (χ1v) is 9.80. The van der Waals surface area contributed by atoms with E-state index < -0.39 is 34.6 Å². The van der Waals surface area contributed by atoms with Crippen LogP contribution in [0.3, 0.4) is 0 Å². The number of hydrogen-bond acceptors (Lipinski definition) is 4. The maximum Gasteiger partial charge on any atom is 0.274 e. The van der Waals surface area contributed by atoms with Crippen molar-refractivity contribution in [2.75, 3.05) is 6.54 Å². The van der Waals surface area contributed by atoms with E-state index in [0.29, 0.717) is 12.6 Å². The lowest BCUT2D eigenvalue weighted by Crippen LogP contribution is -2.49. The molecule has 9 heteroatoms. The molecule has 1 aromatic heterocycles. The number of fused-ring (bicyclic) bond motifs is 4. The van der Waals surface area contributed by atoms with Crippen LogP contribution in [0.25, 0.3) is 0 Å². The molecule has 1 saturated heterocycles. The predicted octanol–water partition coefficient (Wildman–Crippen LogP) is 2.33. The Balaban J connectivity index is 1.68. The molecule has 2 N–H and O–H groups in total. The molecule has 0 spiro atoms. The van der Waals surface area contributed by atoms with Gasteiger partial charge >= 0.3 is 0 Å². The van der Waals surface area contributed by atoms with Crippen molar-refractivity contribution >= 4 is 11.8 Å². The minimum Gasteiger partial charge on any atom is -0.503 e. The highest BCUT2D eigenvalue weighted by atomic mass is 19.1. The Kier molecular flexibility index (Phi) is 5.05. The summed E-state index contributed by atoms with van der Waals surface area (Å²) in [4.78, 5) is 39.8. The van der Waals surface area contributed by atoms with E-state index in [-0.39, 0.29) is 35.4 Å². The van der Waals surface area contributed by atoms with Crippen LogP contribution < -0.4 is 10.7 Å². The topological polar surface area (TPSA) is 91.6 Å². The summed E-state index contributed by atoms with van der Waals surface area (Å²) >= 11 is 0.